The molecule has 140 heavy (non-hydrogen) atoms. The lowest BCUT2D eigenvalue weighted by atomic mass is 9.51. The SMILES string of the molecule is CC.CCNCCOc1cc(NC(=O)NC(=O)C[C@@H]2CC(=O)[C@H](NC(=O)[C@H](CC)CC(C)C)[C@H](O)c3ccc(c(Cl)c3)Oc3cc4cc(c3O[C@@H]3O[C@H](CO)[C@@H](O)[C@H](O)[C@H]3O[C@H]3C[C@](C)(N)[C@H](O)[C@H](C)O3)Oc3ccc(cc3Cl)[C@@H](O)[C@@H]3NC(=O)[C@H](CC(=O)[C@@H]4NC2=O)c2ccc(O)c(c2)-c2c(O)cc(O)cc2[C@@H](C(=O)CC2C4CC5CC(C4)CC2C5)NC3=O)cc(OCCNCC)c1OCCNCC. The average molecular weight is 1990 g/mol. The molecule has 0 unspecified atom stereocenters. The van der Waals surface area contributed by atoms with Crippen molar-refractivity contribution in [3.05, 3.63) is 129 Å². The van der Waals surface area contributed by atoms with Gasteiger partial charge in [0, 0.05) is 92.5 Å². The molecule has 0 spiro atoms. The van der Waals surface area contributed by atoms with E-state index < -0.39 is 233 Å². The van der Waals surface area contributed by atoms with E-state index >= 15 is 33.6 Å². The van der Waals surface area contributed by atoms with Crippen molar-refractivity contribution in [2.45, 2.75) is 243 Å². The number of urea groups is 1. The Morgan fingerprint density at radius 3 is 1.79 bits per heavy atom. The van der Waals surface area contributed by atoms with Gasteiger partial charge in [-0.15, -0.1) is 0 Å². The molecule has 18 atom stereocenters. The van der Waals surface area contributed by atoms with Crippen molar-refractivity contribution in [1.29, 1.82) is 0 Å². The minimum absolute atomic E-state index is 0.00738. The number of aliphatic hydroxyl groups is 6. The predicted octanol–water partition coefficient (Wildman–Crippen LogP) is 9.32. The van der Waals surface area contributed by atoms with Crippen molar-refractivity contribution < 1.29 is 132 Å². The number of hydrogen-bond acceptors (Lipinski definition) is 31. The van der Waals surface area contributed by atoms with Gasteiger partial charge < -0.3 is 137 Å². The second-order valence-electron chi connectivity index (χ2n) is 37.9. The Bertz CT molecular complexity index is 5400. The van der Waals surface area contributed by atoms with Gasteiger partial charge in [0.25, 0.3) is 0 Å². The van der Waals surface area contributed by atoms with E-state index in [-0.39, 0.29) is 136 Å². The van der Waals surface area contributed by atoms with Crippen molar-refractivity contribution in [3.63, 3.8) is 0 Å². The monoisotopic (exact) mass is 1990 g/mol. The maximum atomic E-state index is 17.0. The highest BCUT2D eigenvalue weighted by atomic mass is 35.5. The number of phenolic OH excluding ortho intramolecular Hbond substituents is 3. The molecule has 4 aliphatic carbocycles. The van der Waals surface area contributed by atoms with Crippen LogP contribution in [0.3, 0.4) is 0 Å². The Balaban J connectivity index is 0.00000820. The molecule has 762 valence electrons. The predicted molar refractivity (Wildman–Crippen MR) is 513 cm³/mol. The van der Waals surface area contributed by atoms with Gasteiger partial charge in [-0.05, 0) is 196 Å². The summed E-state index contributed by atoms with van der Waals surface area (Å²) in [6.45, 7) is 20.8. The van der Waals surface area contributed by atoms with Crippen molar-refractivity contribution in [2.24, 2.45) is 53.1 Å². The molecule has 7 heterocycles. The number of benzene rings is 6. The highest BCUT2D eigenvalue weighted by Crippen LogP contribution is 2.59. The molecule has 0 aromatic heterocycles. The number of amides is 7. The Morgan fingerprint density at radius 1 is 0.629 bits per heavy atom. The lowest BCUT2D eigenvalue weighted by Crippen LogP contribution is -2.64. The topological polar surface area (TPSA) is 553 Å². The summed E-state index contributed by atoms with van der Waals surface area (Å²) in [5.74, 6) is -16.3. The van der Waals surface area contributed by atoms with Crippen molar-refractivity contribution in [3.8, 4) is 74.4 Å². The van der Waals surface area contributed by atoms with Crippen LogP contribution in [0.1, 0.15) is 204 Å². The number of nitrogens with two attached hydrogens (primary N) is 1. The molecule has 4 saturated carbocycles. The largest absolute Gasteiger partial charge is 0.508 e. The van der Waals surface area contributed by atoms with Crippen LogP contribution in [0.15, 0.2) is 91.0 Å². The third-order valence-electron chi connectivity index (χ3n) is 27.4. The maximum absolute atomic E-state index is 17.0. The zero-order valence-electron chi connectivity index (χ0n) is 80.2. The molecular weight excluding hydrogens is 1860 g/mol. The van der Waals surface area contributed by atoms with E-state index in [4.69, 9.17) is 71.6 Å². The highest BCUT2D eigenvalue weighted by molar-refractivity contribution is 6.32. The Hall–Kier alpha value is -10.6. The number of likely N-dealkylation sites (N-methyl/N-ethyl adjacent to an activating group) is 3. The summed E-state index contributed by atoms with van der Waals surface area (Å²) in [5, 5.41) is 133. The van der Waals surface area contributed by atoms with Crippen molar-refractivity contribution in [1.82, 2.24) is 42.5 Å². The fourth-order valence-electron chi connectivity index (χ4n) is 20.6. The van der Waals surface area contributed by atoms with Crippen molar-refractivity contribution in [2.75, 3.05) is 71.0 Å². The highest BCUT2D eigenvalue weighted by Gasteiger charge is 2.54. The van der Waals surface area contributed by atoms with E-state index in [1.807, 2.05) is 48.5 Å². The number of aliphatic hydroxyl groups excluding tert-OH is 6. The Labute approximate surface area is 822 Å². The molecule has 6 aromatic carbocycles. The Kier molecular flexibility index (Phi) is 36.2. The third kappa shape index (κ3) is 25.0. The van der Waals surface area contributed by atoms with Crippen LogP contribution in [-0.4, -0.2) is 231 Å². The van der Waals surface area contributed by atoms with Gasteiger partial charge in [-0.3, -0.25) is 43.7 Å². The summed E-state index contributed by atoms with van der Waals surface area (Å²) >= 11 is 14.7. The molecule has 37 nitrogen and oxygen atoms in total. The molecule has 7 amide bonds. The van der Waals surface area contributed by atoms with E-state index in [1.165, 1.54) is 68.4 Å². The molecule has 7 aliphatic heterocycles. The first-order chi connectivity index (χ1) is 66.9. The number of carbonyl (C=O) groups excluding carboxylic acids is 9. The normalized spacial score (nSPS) is 28.3. The van der Waals surface area contributed by atoms with Gasteiger partial charge in [-0.1, -0.05) is 96.8 Å². The molecule has 20 N–H and O–H groups in total. The summed E-state index contributed by atoms with van der Waals surface area (Å²) in [6.07, 6.45) is -16.1. The number of phenols is 3. The standard InChI is InChI=1S/C99H126Cl2N10O27.C2H6/c1-9-50(25-46(5)6)93(125)110-83-68(116)34-57(37-78(119)107-98(129)106-58-38-73(130-22-19-103-10-2)89(132-24-21-105-12-4)74(39-58)131-23-20-104-11-3)94(126)108-81-56-35-75(134-71-17-14-52(85(83)120)32-64(71)100)90(138-97-91(88(123)87(122)77(45-112)136-97)137-79-44-99(8,102)92(124)47(7)133-79)76(36-56)135-72-18-15-53(33-65(72)101)86(121)84-96(128)109-82(70(118)42-60-54-27-48-26-49(29-54)30-55(60)28-48)63-40-59(113)41-67(115)80(63)62-31-51(13-16-66(62)114)61(43-69(81)117)95(127)111-84;1-2/h13-18,31-33,35-36,38-41,46-50,54-55,57,60-61,77,79,81-88,91-92,97,103-105,112-115,120-124H,9-12,19-30,34,37,42-45,102H2,1-8H3,(H,108,126)(H,109,128)(H,110,125)(H,111,127)(H2,106,107,119,129);1-2H3/t47-,48?,49?,50+,54?,55?,57-,60?,61+,77+,79-,81+,82-,83-,84-,85+,86+,87+,88-,91+,92+,97-,99-;/m0./s1. The summed E-state index contributed by atoms with van der Waals surface area (Å²) in [6, 6.07) is 8.59. The second-order valence-corrected chi connectivity index (χ2v) is 38.8. The molecule has 6 aromatic rings. The van der Waals surface area contributed by atoms with Crippen LogP contribution in [0.4, 0.5) is 10.5 Å². The molecular formula is C101H132Cl2N10O27. The molecule has 15 bridgehead atoms. The smallest absolute Gasteiger partial charge is 0.325 e. The summed E-state index contributed by atoms with van der Waals surface area (Å²) in [4.78, 5) is 142. The molecule has 2 saturated heterocycles. The number of imide groups is 1. The van der Waals surface area contributed by atoms with Gasteiger partial charge in [-0.25, -0.2) is 4.79 Å². The minimum Gasteiger partial charge on any atom is -0.508 e. The number of nitrogens with one attached hydrogen (secondary N) is 9. The fourth-order valence-corrected chi connectivity index (χ4v) is 21.0. The fraction of sp³-hybridized carbons (Fsp3) is 0.554. The van der Waals surface area contributed by atoms with Crippen LogP contribution in [0.5, 0.6) is 63.2 Å². The van der Waals surface area contributed by atoms with E-state index in [1.54, 1.807) is 6.92 Å². The molecule has 17 rings (SSSR count). The lowest BCUT2D eigenvalue weighted by Gasteiger charge is -2.54. The summed E-state index contributed by atoms with van der Waals surface area (Å²) in [5.41, 5.74) is 3.46. The number of rotatable bonds is 31. The van der Waals surface area contributed by atoms with E-state index in [2.05, 4.69) is 47.9 Å². The number of aromatic hydroxyl groups is 3. The van der Waals surface area contributed by atoms with E-state index in [0.29, 0.717) is 57.5 Å². The van der Waals surface area contributed by atoms with Gasteiger partial charge in [0.05, 0.1) is 46.4 Å². The summed E-state index contributed by atoms with van der Waals surface area (Å²) in [7, 11) is 0. The van der Waals surface area contributed by atoms with Gasteiger partial charge in [0.2, 0.25) is 47.3 Å². The van der Waals surface area contributed by atoms with Crippen LogP contribution in [0.25, 0.3) is 11.1 Å². The number of Topliss-reactive ketones (excluding diaryl/α,β-unsaturated/α-hetero) is 3. The first-order valence-corrected chi connectivity index (χ1v) is 49.2. The number of carbonyl (C=O) groups is 9. The maximum Gasteiger partial charge on any atom is 0.325 e. The van der Waals surface area contributed by atoms with Gasteiger partial charge in [-0.2, -0.15) is 0 Å². The van der Waals surface area contributed by atoms with E-state index in [0.717, 1.165) is 68.5 Å². The average Bonchev–Trinajstić information content (AvgIpc) is 0.755. The number of ketones is 3. The molecule has 6 fully saturated rings. The third-order valence-corrected chi connectivity index (χ3v) is 28.0. The number of anilines is 1. The molecule has 39 heteroatoms. The van der Waals surface area contributed by atoms with Crippen LogP contribution < -0.4 is 82.0 Å². The zero-order chi connectivity index (χ0) is 101. The second kappa shape index (κ2) is 47.5. The van der Waals surface area contributed by atoms with Gasteiger partial charge in [0.15, 0.2) is 52.7 Å². The quantitative estimate of drug-likeness (QED) is 0.0180. The molecule has 11 aliphatic rings. The van der Waals surface area contributed by atoms with E-state index in [9.17, 15) is 55.5 Å². The van der Waals surface area contributed by atoms with Gasteiger partial charge in [0.1, 0.15) is 103 Å². The van der Waals surface area contributed by atoms with Crippen LogP contribution in [0, 0.1) is 47.3 Å². The molecule has 0 radical (unpaired) electrons. The number of halogens is 2. The summed E-state index contributed by atoms with van der Waals surface area (Å²) < 4.78 is 58.3. The number of hydrogen-bond donors (Lipinski definition) is 19. The lowest BCUT2D eigenvalue weighted by molar-refractivity contribution is -0.333. The van der Waals surface area contributed by atoms with Crippen LogP contribution >= 0.6 is 23.2 Å². The van der Waals surface area contributed by atoms with Crippen molar-refractivity contribution >= 4 is 81.8 Å². The minimum atomic E-state index is -2.30. The van der Waals surface area contributed by atoms with Crippen LogP contribution in [-0.2, 0) is 52.6 Å². The Morgan fingerprint density at radius 2 is 1.22 bits per heavy atom. The zero-order valence-corrected chi connectivity index (χ0v) is 81.7. The first kappa shape index (κ1) is 107. The number of fused-ring (bicyclic) bond motifs is 15. The first-order valence-electron chi connectivity index (χ1n) is 48.5. The van der Waals surface area contributed by atoms with Gasteiger partial charge >= 0.3 is 6.03 Å². The van der Waals surface area contributed by atoms with Crippen LogP contribution in [0.2, 0.25) is 10.0 Å². The number of ether oxygens (including phenoxy) is 9.